The molecule has 0 bridgehead atoms. The van der Waals surface area contributed by atoms with E-state index >= 15 is 0 Å². The quantitative estimate of drug-likeness (QED) is 0.805. The van der Waals surface area contributed by atoms with Gasteiger partial charge in [0.05, 0.1) is 18.5 Å². The predicted octanol–water partition coefficient (Wildman–Crippen LogP) is 1.71. The van der Waals surface area contributed by atoms with Gasteiger partial charge in [-0.2, -0.15) is 0 Å². The SMILES string of the molecule is CCCOc1cc(C)ccc1NC(=O)Cn1cc(C(=O)O)nn1. The van der Waals surface area contributed by atoms with Crippen LogP contribution in [-0.4, -0.2) is 38.6 Å². The van der Waals surface area contributed by atoms with Crippen molar-refractivity contribution >= 4 is 17.6 Å². The molecule has 2 N–H and O–H groups in total. The average molecular weight is 318 g/mol. The molecule has 0 spiro atoms. The molecule has 0 unspecified atom stereocenters. The topological polar surface area (TPSA) is 106 Å². The smallest absolute Gasteiger partial charge is 0.358 e. The first-order valence-corrected chi connectivity index (χ1v) is 7.16. The lowest BCUT2D eigenvalue weighted by atomic mass is 10.2. The van der Waals surface area contributed by atoms with Crippen LogP contribution in [-0.2, 0) is 11.3 Å². The molecule has 2 rings (SSSR count). The third-order valence-corrected chi connectivity index (χ3v) is 2.94. The van der Waals surface area contributed by atoms with Gasteiger partial charge in [0.2, 0.25) is 5.91 Å². The highest BCUT2D eigenvalue weighted by Crippen LogP contribution is 2.26. The molecule has 1 aromatic heterocycles. The summed E-state index contributed by atoms with van der Waals surface area (Å²) in [6, 6.07) is 5.48. The Balaban J connectivity index is 2.05. The number of carboxylic acids is 1. The van der Waals surface area contributed by atoms with Crippen molar-refractivity contribution in [3.8, 4) is 5.75 Å². The molecule has 1 heterocycles. The van der Waals surface area contributed by atoms with E-state index in [0.717, 1.165) is 12.0 Å². The Morgan fingerprint density at radius 1 is 1.39 bits per heavy atom. The van der Waals surface area contributed by atoms with Gasteiger partial charge in [0, 0.05) is 0 Å². The predicted molar refractivity (Wildman–Crippen MR) is 82.6 cm³/mol. The number of aromatic carboxylic acids is 1. The molecule has 122 valence electrons. The van der Waals surface area contributed by atoms with Crippen molar-refractivity contribution in [1.29, 1.82) is 0 Å². The average Bonchev–Trinajstić information content (AvgIpc) is 2.96. The molecule has 1 aromatic carbocycles. The van der Waals surface area contributed by atoms with Gasteiger partial charge in [-0.15, -0.1) is 5.10 Å². The van der Waals surface area contributed by atoms with Gasteiger partial charge in [0.25, 0.3) is 0 Å². The minimum absolute atomic E-state index is 0.138. The summed E-state index contributed by atoms with van der Waals surface area (Å²) in [5.74, 6) is -0.937. The maximum Gasteiger partial charge on any atom is 0.358 e. The second kappa shape index (κ2) is 7.39. The van der Waals surface area contributed by atoms with Gasteiger partial charge in [-0.25, -0.2) is 9.48 Å². The minimum atomic E-state index is -1.19. The Morgan fingerprint density at radius 3 is 2.83 bits per heavy atom. The second-order valence-electron chi connectivity index (χ2n) is 5.00. The zero-order valence-corrected chi connectivity index (χ0v) is 12.9. The molecule has 0 fully saturated rings. The standard InChI is InChI=1S/C15H18N4O4/c1-3-6-23-13-7-10(2)4-5-11(13)16-14(20)9-19-8-12(15(21)22)17-18-19/h4-5,7-8H,3,6,9H2,1-2H3,(H,16,20)(H,21,22). The fraction of sp³-hybridized carbons (Fsp3) is 0.333. The van der Waals surface area contributed by atoms with E-state index in [1.807, 2.05) is 26.0 Å². The monoisotopic (exact) mass is 318 g/mol. The van der Waals surface area contributed by atoms with Gasteiger partial charge in [0.15, 0.2) is 5.69 Å². The van der Waals surface area contributed by atoms with Crippen LogP contribution < -0.4 is 10.1 Å². The van der Waals surface area contributed by atoms with Gasteiger partial charge >= 0.3 is 5.97 Å². The largest absolute Gasteiger partial charge is 0.491 e. The number of aryl methyl sites for hydroxylation is 1. The number of anilines is 1. The number of nitrogens with zero attached hydrogens (tertiary/aromatic N) is 3. The molecule has 8 nitrogen and oxygen atoms in total. The third-order valence-electron chi connectivity index (χ3n) is 2.94. The second-order valence-corrected chi connectivity index (χ2v) is 5.00. The summed E-state index contributed by atoms with van der Waals surface area (Å²) in [5, 5.41) is 18.6. The molecular formula is C15H18N4O4. The Labute approximate surface area is 133 Å². The van der Waals surface area contributed by atoms with Crippen molar-refractivity contribution in [2.24, 2.45) is 0 Å². The molecule has 0 atom stereocenters. The fourth-order valence-electron chi connectivity index (χ4n) is 1.87. The third kappa shape index (κ3) is 4.53. The lowest BCUT2D eigenvalue weighted by molar-refractivity contribution is -0.116. The summed E-state index contributed by atoms with van der Waals surface area (Å²) in [6.07, 6.45) is 2.06. The Hall–Kier alpha value is -2.90. The molecule has 2 aromatic rings. The van der Waals surface area contributed by atoms with Crippen molar-refractivity contribution < 1.29 is 19.4 Å². The molecule has 0 aliphatic rings. The number of hydrogen-bond donors (Lipinski definition) is 2. The van der Waals surface area contributed by atoms with Crippen LogP contribution >= 0.6 is 0 Å². The maximum atomic E-state index is 12.1. The van der Waals surface area contributed by atoms with Crippen LogP contribution in [0, 0.1) is 6.92 Å². The number of benzene rings is 1. The Kier molecular flexibility index (Phi) is 5.29. The number of carbonyl (C=O) groups excluding carboxylic acids is 1. The van der Waals surface area contributed by atoms with Crippen LogP contribution in [0.3, 0.4) is 0 Å². The number of amides is 1. The van der Waals surface area contributed by atoms with Gasteiger partial charge in [-0.05, 0) is 31.0 Å². The van der Waals surface area contributed by atoms with Crippen molar-refractivity contribution in [1.82, 2.24) is 15.0 Å². The molecule has 0 aliphatic heterocycles. The van der Waals surface area contributed by atoms with Crippen molar-refractivity contribution in [3.63, 3.8) is 0 Å². The van der Waals surface area contributed by atoms with Crippen LogP contribution in [0.15, 0.2) is 24.4 Å². The first kappa shape index (κ1) is 16.5. The number of aromatic nitrogens is 3. The number of nitrogens with one attached hydrogen (secondary N) is 1. The lowest BCUT2D eigenvalue weighted by Crippen LogP contribution is -2.19. The molecule has 23 heavy (non-hydrogen) atoms. The summed E-state index contributed by atoms with van der Waals surface area (Å²) in [7, 11) is 0. The van der Waals surface area contributed by atoms with E-state index in [1.54, 1.807) is 6.07 Å². The highest BCUT2D eigenvalue weighted by atomic mass is 16.5. The highest BCUT2D eigenvalue weighted by Gasteiger charge is 2.12. The van der Waals surface area contributed by atoms with E-state index < -0.39 is 5.97 Å². The van der Waals surface area contributed by atoms with E-state index in [-0.39, 0.29) is 18.1 Å². The van der Waals surface area contributed by atoms with Crippen LogP contribution in [0.5, 0.6) is 5.75 Å². The molecule has 8 heteroatoms. The fourth-order valence-corrected chi connectivity index (χ4v) is 1.87. The van der Waals surface area contributed by atoms with Crippen molar-refractivity contribution in [2.45, 2.75) is 26.8 Å². The van der Waals surface area contributed by atoms with E-state index in [0.29, 0.717) is 18.0 Å². The number of rotatable bonds is 7. The van der Waals surface area contributed by atoms with Crippen molar-refractivity contribution in [2.75, 3.05) is 11.9 Å². The summed E-state index contributed by atoms with van der Waals surface area (Å²) >= 11 is 0. The van der Waals surface area contributed by atoms with E-state index in [9.17, 15) is 9.59 Å². The molecule has 1 amide bonds. The first-order valence-electron chi connectivity index (χ1n) is 7.16. The van der Waals surface area contributed by atoms with Gasteiger partial charge in [0.1, 0.15) is 12.3 Å². The number of ether oxygens (including phenoxy) is 1. The zero-order valence-electron chi connectivity index (χ0n) is 12.9. The molecular weight excluding hydrogens is 300 g/mol. The van der Waals surface area contributed by atoms with E-state index in [4.69, 9.17) is 9.84 Å². The van der Waals surface area contributed by atoms with Gasteiger partial charge < -0.3 is 15.2 Å². The van der Waals surface area contributed by atoms with Crippen LogP contribution in [0.2, 0.25) is 0 Å². The van der Waals surface area contributed by atoms with E-state index in [1.165, 1.54) is 10.9 Å². The first-order chi connectivity index (χ1) is 11.0. The summed E-state index contributed by atoms with van der Waals surface area (Å²) < 4.78 is 6.79. The van der Waals surface area contributed by atoms with Crippen LogP contribution in [0.4, 0.5) is 5.69 Å². The molecule has 0 aliphatic carbocycles. The molecule has 0 saturated heterocycles. The summed E-state index contributed by atoms with van der Waals surface area (Å²) in [4.78, 5) is 22.8. The highest BCUT2D eigenvalue weighted by molar-refractivity contribution is 5.92. The maximum absolute atomic E-state index is 12.1. The number of carboxylic acid groups (broad SMARTS) is 1. The summed E-state index contributed by atoms with van der Waals surface area (Å²) in [6.45, 7) is 4.35. The molecule has 0 saturated carbocycles. The van der Waals surface area contributed by atoms with Gasteiger partial charge in [-0.1, -0.05) is 18.2 Å². The van der Waals surface area contributed by atoms with E-state index in [2.05, 4.69) is 15.6 Å². The zero-order chi connectivity index (χ0) is 16.8. The normalized spacial score (nSPS) is 10.3. The summed E-state index contributed by atoms with van der Waals surface area (Å²) in [5.41, 5.74) is 1.38. The van der Waals surface area contributed by atoms with Crippen LogP contribution in [0.25, 0.3) is 0 Å². The number of carbonyl (C=O) groups is 2. The number of hydrogen-bond acceptors (Lipinski definition) is 5. The van der Waals surface area contributed by atoms with Crippen molar-refractivity contribution in [3.05, 3.63) is 35.7 Å². The Morgan fingerprint density at radius 2 is 2.17 bits per heavy atom. The lowest BCUT2D eigenvalue weighted by Gasteiger charge is -2.13. The van der Waals surface area contributed by atoms with Gasteiger partial charge in [-0.3, -0.25) is 4.79 Å². The Bertz CT molecular complexity index is 711. The minimum Gasteiger partial charge on any atom is -0.491 e. The molecule has 0 radical (unpaired) electrons. The van der Waals surface area contributed by atoms with Crippen LogP contribution in [0.1, 0.15) is 29.4 Å².